The number of rotatable bonds is 6. The summed E-state index contributed by atoms with van der Waals surface area (Å²) in [5.41, 5.74) is 5.03. The minimum atomic E-state index is -0.242. The van der Waals surface area contributed by atoms with Crippen molar-refractivity contribution in [2.45, 2.75) is 40.3 Å². The van der Waals surface area contributed by atoms with E-state index in [0.29, 0.717) is 22.7 Å². The maximum absolute atomic E-state index is 12.8. The van der Waals surface area contributed by atoms with Crippen LogP contribution in [0.25, 0.3) is 5.69 Å². The molecule has 162 valence electrons. The van der Waals surface area contributed by atoms with Gasteiger partial charge in [0, 0.05) is 42.3 Å². The molecule has 2 amide bonds. The lowest BCUT2D eigenvalue weighted by molar-refractivity contribution is 0.0754. The largest absolute Gasteiger partial charge is 0.348 e. The van der Waals surface area contributed by atoms with E-state index >= 15 is 0 Å². The van der Waals surface area contributed by atoms with E-state index in [4.69, 9.17) is 11.6 Å². The Hall–Kier alpha value is -3.05. The molecule has 0 spiro atoms. The smallest absolute Gasteiger partial charge is 0.253 e. The molecule has 1 aromatic heterocycles. The Balaban J connectivity index is 1.71. The second-order valence-corrected chi connectivity index (χ2v) is 8.41. The lowest BCUT2D eigenvalue weighted by Gasteiger charge is -2.21. The lowest BCUT2D eigenvalue weighted by Crippen LogP contribution is -2.32. The van der Waals surface area contributed by atoms with Gasteiger partial charge in [0.15, 0.2) is 0 Å². The quantitative estimate of drug-likeness (QED) is 0.579. The average molecular weight is 438 g/mol. The topological polar surface area (TPSA) is 54.3 Å². The molecule has 5 nitrogen and oxygen atoms in total. The van der Waals surface area contributed by atoms with Gasteiger partial charge in [-0.1, -0.05) is 23.7 Å². The molecule has 2 aromatic carbocycles. The molecule has 0 saturated carbocycles. The first-order chi connectivity index (χ1) is 14.7. The predicted molar refractivity (Wildman–Crippen MR) is 125 cm³/mol. The van der Waals surface area contributed by atoms with Gasteiger partial charge < -0.3 is 14.8 Å². The van der Waals surface area contributed by atoms with Crippen molar-refractivity contribution >= 4 is 23.4 Å². The Morgan fingerprint density at radius 3 is 2.19 bits per heavy atom. The molecule has 0 aliphatic rings. The van der Waals surface area contributed by atoms with Gasteiger partial charge >= 0.3 is 0 Å². The van der Waals surface area contributed by atoms with Crippen LogP contribution in [0.4, 0.5) is 0 Å². The van der Waals surface area contributed by atoms with Crippen molar-refractivity contribution in [3.8, 4) is 5.69 Å². The van der Waals surface area contributed by atoms with Crippen LogP contribution in [0.2, 0.25) is 5.02 Å². The molecular weight excluding hydrogens is 410 g/mol. The Morgan fingerprint density at radius 2 is 1.61 bits per heavy atom. The van der Waals surface area contributed by atoms with Crippen molar-refractivity contribution in [2.24, 2.45) is 0 Å². The Kier molecular flexibility index (Phi) is 6.86. The number of carbonyl (C=O) groups is 2. The number of aryl methyl sites for hydroxylation is 2. The Bertz CT molecular complexity index is 1080. The van der Waals surface area contributed by atoms with E-state index in [1.165, 1.54) is 0 Å². The first kappa shape index (κ1) is 22.6. The Labute approximate surface area is 188 Å². The number of nitrogens with one attached hydrogen (secondary N) is 1. The maximum Gasteiger partial charge on any atom is 0.253 e. The number of aromatic nitrogens is 1. The second kappa shape index (κ2) is 9.40. The van der Waals surface area contributed by atoms with Crippen LogP contribution in [0.5, 0.6) is 0 Å². The standard InChI is InChI=1S/C25H28ClN3O2/c1-16(2)28(5)25(31)20-10-8-19(9-11-20)15-27-24(30)22-14-21(12-13-23(22)26)29-17(3)6-7-18(29)4/h6-14,16H,15H2,1-5H3,(H,27,30). The highest BCUT2D eigenvalue weighted by molar-refractivity contribution is 6.33. The van der Waals surface area contributed by atoms with Crippen LogP contribution in [0.15, 0.2) is 54.6 Å². The third-order valence-corrected chi connectivity index (χ3v) is 5.80. The summed E-state index contributed by atoms with van der Waals surface area (Å²) in [7, 11) is 1.79. The van der Waals surface area contributed by atoms with Crippen LogP contribution in [0.1, 0.15) is 51.5 Å². The first-order valence-electron chi connectivity index (χ1n) is 10.3. The number of nitrogens with zero attached hydrogens (tertiary/aromatic N) is 2. The zero-order chi connectivity index (χ0) is 22.7. The van der Waals surface area contributed by atoms with E-state index in [9.17, 15) is 9.59 Å². The number of hydrogen-bond donors (Lipinski definition) is 1. The van der Waals surface area contributed by atoms with Crippen molar-refractivity contribution in [3.05, 3.63) is 87.7 Å². The highest BCUT2D eigenvalue weighted by Crippen LogP contribution is 2.23. The fraction of sp³-hybridized carbons (Fsp3) is 0.280. The molecular formula is C25H28ClN3O2. The average Bonchev–Trinajstić information content (AvgIpc) is 3.09. The monoisotopic (exact) mass is 437 g/mol. The zero-order valence-corrected chi connectivity index (χ0v) is 19.3. The third kappa shape index (κ3) is 5.00. The number of carbonyl (C=O) groups excluding carboxylic acids is 2. The minimum Gasteiger partial charge on any atom is -0.348 e. The number of halogens is 1. The second-order valence-electron chi connectivity index (χ2n) is 8.01. The highest BCUT2D eigenvalue weighted by atomic mass is 35.5. The molecule has 3 aromatic rings. The van der Waals surface area contributed by atoms with Crippen molar-refractivity contribution < 1.29 is 9.59 Å². The van der Waals surface area contributed by atoms with Crippen LogP contribution in [-0.4, -0.2) is 34.4 Å². The molecule has 0 fully saturated rings. The molecule has 1 heterocycles. The van der Waals surface area contributed by atoms with E-state index in [1.54, 1.807) is 36.2 Å². The van der Waals surface area contributed by atoms with Crippen LogP contribution < -0.4 is 5.32 Å². The summed E-state index contributed by atoms with van der Waals surface area (Å²) in [6, 6.07) is 16.9. The Morgan fingerprint density at radius 1 is 1.00 bits per heavy atom. The van der Waals surface area contributed by atoms with Gasteiger partial charge in [-0.2, -0.15) is 0 Å². The molecule has 3 rings (SSSR count). The zero-order valence-electron chi connectivity index (χ0n) is 18.6. The van der Waals surface area contributed by atoms with Crippen molar-refractivity contribution in [1.82, 2.24) is 14.8 Å². The van der Waals surface area contributed by atoms with Crippen molar-refractivity contribution in [3.63, 3.8) is 0 Å². The fourth-order valence-electron chi connectivity index (χ4n) is 3.38. The van der Waals surface area contributed by atoms with Gasteiger partial charge in [0.1, 0.15) is 0 Å². The van der Waals surface area contributed by atoms with Gasteiger partial charge in [-0.3, -0.25) is 9.59 Å². The van der Waals surface area contributed by atoms with Gasteiger partial charge in [0.25, 0.3) is 11.8 Å². The summed E-state index contributed by atoms with van der Waals surface area (Å²) in [5, 5.41) is 3.32. The fourth-order valence-corrected chi connectivity index (χ4v) is 3.59. The van der Waals surface area contributed by atoms with E-state index in [-0.39, 0.29) is 17.9 Å². The van der Waals surface area contributed by atoms with Gasteiger partial charge in [-0.25, -0.2) is 0 Å². The molecule has 0 aliphatic carbocycles. The predicted octanol–water partition coefficient (Wildman–Crippen LogP) is 5.16. The number of hydrogen-bond acceptors (Lipinski definition) is 2. The number of amides is 2. The van der Waals surface area contributed by atoms with Crippen LogP contribution in [-0.2, 0) is 6.54 Å². The van der Waals surface area contributed by atoms with Crippen LogP contribution >= 0.6 is 11.6 Å². The maximum atomic E-state index is 12.8. The third-order valence-electron chi connectivity index (χ3n) is 5.47. The molecule has 1 N–H and O–H groups in total. The minimum absolute atomic E-state index is 0.0234. The molecule has 0 saturated heterocycles. The van der Waals surface area contributed by atoms with E-state index in [0.717, 1.165) is 22.6 Å². The molecule has 0 unspecified atom stereocenters. The lowest BCUT2D eigenvalue weighted by atomic mass is 10.1. The van der Waals surface area contributed by atoms with Gasteiger partial charge in [0.2, 0.25) is 0 Å². The van der Waals surface area contributed by atoms with Gasteiger partial charge in [0.05, 0.1) is 10.6 Å². The summed E-state index contributed by atoms with van der Waals surface area (Å²) in [5.74, 6) is -0.265. The molecule has 6 heteroatoms. The van der Waals surface area contributed by atoms with E-state index < -0.39 is 0 Å². The molecule has 0 bridgehead atoms. The summed E-state index contributed by atoms with van der Waals surface area (Å²) in [4.78, 5) is 26.9. The molecule has 0 atom stereocenters. The molecule has 0 aliphatic heterocycles. The normalized spacial score (nSPS) is 10.9. The highest BCUT2D eigenvalue weighted by Gasteiger charge is 2.15. The van der Waals surface area contributed by atoms with E-state index in [1.807, 2.05) is 58.0 Å². The van der Waals surface area contributed by atoms with E-state index in [2.05, 4.69) is 9.88 Å². The number of benzene rings is 2. The molecule has 0 radical (unpaired) electrons. The summed E-state index contributed by atoms with van der Waals surface area (Å²) in [6.07, 6.45) is 0. The van der Waals surface area contributed by atoms with Crippen molar-refractivity contribution in [2.75, 3.05) is 7.05 Å². The summed E-state index contributed by atoms with van der Waals surface area (Å²) < 4.78 is 2.08. The van der Waals surface area contributed by atoms with Crippen LogP contribution in [0, 0.1) is 13.8 Å². The SMILES string of the molecule is Cc1ccc(C)n1-c1ccc(Cl)c(C(=O)NCc2ccc(C(=O)N(C)C(C)C)cc2)c1. The molecule has 31 heavy (non-hydrogen) atoms. The summed E-state index contributed by atoms with van der Waals surface area (Å²) in [6.45, 7) is 8.33. The van der Waals surface area contributed by atoms with Crippen molar-refractivity contribution in [1.29, 1.82) is 0 Å². The first-order valence-corrected chi connectivity index (χ1v) is 10.7. The van der Waals surface area contributed by atoms with Gasteiger partial charge in [-0.05, 0) is 75.7 Å². The van der Waals surface area contributed by atoms with Crippen LogP contribution in [0.3, 0.4) is 0 Å². The van der Waals surface area contributed by atoms with Gasteiger partial charge in [-0.15, -0.1) is 0 Å². The summed E-state index contributed by atoms with van der Waals surface area (Å²) >= 11 is 6.31.